The normalized spacial score (nSPS) is 12.0. The van der Waals surface area contributed by atoms with E-state index in [1.165, 1.54) is 24.0 Å². The maximum Gasteiger partial charge on any atom is 0.335 e. The van der Waals surface area contributed by atoms with Crippen LogP contribution >= 0.6 is 0 Å². The molecule has 0 amide bonds. The zero-order valence-electron chi connectivity index (χ0n) is 20.6. The second kappa shape index (κ2) is 15.3. The Kier molecular flexibility index (Phi) is 11.4. The third kappa shape index (κ3) is 9.14. The van der Waals surface area contributed by atoms with Gasteiger partial charge in [-0.3, -0.25) is 0 Å². The molecule has 0 unspecified atom stereocenters. The molecule has 2 N–H and O–H groups in total. The summed E-state index contributed by atoms with van der Waals surface area (Å²) >= 11 is 0. The van der Waals surface area contributed by atoms with Crippen molar-refractivity contribution in [3.05, 3.63) is 143 Å². The zero-order chi connectivity index (χ0) is 25.4. The molecule has 186 valence electrons. The molecule has 4 heteroatoms. The highest BCUT2D eigenvalue weighted by Gasteiger charge is 2.08. The van der Waals surface area contributed by atoms with E-state index in [2.05, 4.69) is 18.2 Å². The van der Waals surface area contributed by atoms with E-state index in [0.717, 1.165) is 36.3 Å². The number of rotatable bonds is 6. The van der Waals surface area contributed by atoms with E-state index in [4.69, 9.17) is 9.84 Å². The van der Waals surface area contributed by atoms with Crippen molar-refractivity contribution in [2.24, 2.45) is 0 Å². The minimum Gasteiger partial charge on any atom is -0.478 e. The summed E-state index contributed by atoms with van der Waals surface area (Å²) in [7, 11) is 0. The number of hydrogen-bond donors (Lipinski definition) is 2. The summed E-state index contributed by atoms with van der Waals surface area (Å²) in [6.07, 6.45) is 4.10. The molecule has 1 heterocycles. The van der Waals surface area contributed by atoms with Gasteiger partial charge in [0.25, 0.3) is 0 Å². The van der Waals surface area contributed by atoms with Crippen LogP contribution in [0.4, 0.5) is 0 Å². The summed E-state index contributed by atoms with van der Waals surface area (Å²) in [6, 6.07) is 35.3. The molecule has 0 aromatic heterocycles. The van der Waals surface area contributed by atoms with Gasteiger partial charge in [-0.25, -0.2) is 4.79 Å². The number of ether oxygens (including phenoxy) is 1. The lowest BCUT2D eigenvalue weighted by Gasteiger charge is -2.06. The minimum atomic E-state index is -0.869. The molecule has 0 saturated carbocycles. The quantitative estimate of drug-likeness (QED) is 0.327. The first-order chi connectivity index (χ1) is 17.7. The Morgan fingerprint density at radius 3 is 1.53 bits per heavy atom. The lowest BCUT2D eigenvalue weighted by atomic mass is 10.00. The summed E-state index contributed by atoms with van der Waals surface area (Å²) in [5, 5.41) is 18.2. The SMILES string of the molecule is C1CCOC1.O=C(O)c1ccccc1Cc1ccccc1.OCc1ccccc1Cc1ccccc1. The highest BCUT2D eigenvalue weighted by molar-refractivity contribution is 5.89. The van der Waals surface area contributed by atoms with E-state index in [9.17, 15) is 9.90 Å². The highest BCUT2D eigenvalue weighted by Crippen LogP contribution is 2.15. The van der Waals surface area contributed by atoms with Gasteiger partial charge in [0.15, 0.2) is 0 Å². The van der Waals surface area contributed by atoms with Gasteiger partial charge < -0.3 is 14.9 Å². The fourth-order valence-electron chi connectivity index (χ4n) is 3.91. The van der Waals surface area contributed by atoms with Gasteiger partial charge in [-0.05, 0) is 59.6 Å². The maximum atomic E-state index is 11.0. The van der Waals surface area contributed by atoms with Gasteiger partial charge in [0.2, 0.25) is 0 Å². The Hall–Kier alpha value is -3.73. The Labute approximate surface area is 213 Å². The van der Waals surface area contributed by atoms with Crippen molar-refractivity contribution in [2.75, 3.05) is 13.2 Å². The molecule has 4 aromatic rings. The van der Waals surface area contributed by atoms with Gasteiger partial charge in [-0.1, -0.05) is 103 Å². The molecule has 1 saturated heterocycles. The molecule has 0 spiro atoms. The van der Waals surface area contributed by atoms with Gasteiger partial charge in [0.05, 0.1) is 12.2 Å². The van der Waals surface area contributed by atoms with Crippen LogP contribution in [0.3, 0.4) is 0 Å². The monoisotopic (exact) mass is 482 g/mol. The smallest absolute Gasteiger partial charge is 0.335 e. The summed E-state index contributed by atoms with van der Waals surface area (Å²) < 4.78 is 4.94. The fraction of sp³-hybridized carbons (Fsp3) is 0.219. The van der Waals surface area contributed by atoms with Gasteiger partial charge in [-0.15, -0.1) is 0 Å². The fourth-order valence-corrected chi connectivity index (χ4v) is 3.91. The molecule has 0 bridgehead atoms. The lowest BCUT2D eigenvalue weighted by Crippen LogP contribution is -2.02. The second-order valence-electron chi connectivity index (χ2n) is 8.53. The summed E-state index contributed by atoms with van der Waals surface area (Å²) in [5.41, 5.74) is 5.84. The van der Waals surface area contributed by atoms with Crippen molar-refractivity contribution < 1.29 is 19.7 Å². The molecular formula is C32H34O4. The van der Waals surface area contributed by atoms with Gasteiger partial charge in [0.1, 0.15) is 0 Å². The number of carbonyl (C=O) groups is 1. The van der Waals surface area contributed by atoms with Crippen LogP contribution in [0.5, 0.6) is 0 Å². The zero-order valence-corrected chi connectivity index (χ0v) is 20.6. The first-order valence-corrected chi connectivity index (χ1v) is 12.3. The molecule has 36 heavy (non-hydrogen) atoms. The van der Waals surface area contributed by atoms with Gasteiger partial charge in [-0.2, -0.15) is 0 Å². The van der Waals surface area contributed by atoms with Crippen LogP contribution in [0, 0.1) is 0 Å². The number of aliphatic hydroxyl groups is 1. The highest BCUT2D eigenvalue weighted by atomic mass is 16.5. The van der Waals surface area contributed by atoms with Crippen LogP contribution in [0.2, 0.25) is 0 Å². The molecule has 0 radical (unpaired) electrons. The molecule has 0 atom stereocenters. The minimum absolute atomic E-state index is 0.114. The third-order valence-corrected chi connectivity index (χ3v) is 5.84. The Morgan fingerprint density at radius 2 is 1.06 bits per heavy atom. The third-order valence-electron chi connectivity index (χ3n) is 5.84. The molecule has 0 aliphatic carbocycles. The van der Waals surface area contributed by atoms with E-state index in [0.29, 0.717) is 12.0 Å². The Balaban J connectivity index is 0.000000168. The molecule has 1 aliphatic heterocycles. The molecule has 1 fully saturated rings. The Morgan fingerprint density at radius 1 is 0.611 bits per heavy atom. The number of carboxylic acid groups (broad SMARTS) is 1. The summed E-state index contributed by atoms with van der Waals surface area (Å²) in [4.78, 5) is 11.0. The van der Waals surface area contributed by atoms with Crippen LogP contribution in [-0.2, 0) is 24.2 Å². The predicted octanol–water partition coefficient (Wildman–Crippen LogP) is 6.54. The molecular weight excluding hydrogens is 448 g/mol. The largest absolute Gasteiger partial charge is 0.478 e. The number of aliphatic hydroxyl groups excluding tert-OH is 1. The maximum absolute atomic E-state index is 11.0. The van der Waals surface area contributed by atoms with Crippen LogP contribution in [0.25, 0.3) is 0 Å². The van der Waals surface area contributed by atoms with Crippen molar-refractivity contribution in [1.82, 2.24) is 0 Å². The van der Waals surface area contributed by atoms with E-state index in [1.54, 1.807) is 12.1 Å². The standard InChI is InChI=1S/C14H12O2.C14H14O.C4H8O/c15-14(16)13-9-5-4-8-12(13)10-11-6-2-1-3-7-11;15-11-14-9-5-4-8-13(14)10-12-6-2-1-3-7-12;1-2-4-5-3-1/h1-9H,10H2,(H,15,16);1-9,15H,10-11H2;1-4H2. The van der Waals surface area contributed by atoms with E-state index >= 15 is 0 Å². The Bertz CT molecular complexity index is 1160. The predicted molar refractivity (Wildman–Crippen MR) is 144 cm³/mol. The van der Waals surface area contributed by atoms with Gasteiger partial charge >= 0.3 is 5.97 Å². The van der Waals surface area contributed by atoms with E-state index < -0.39 is 5.97 Å². The van der Waals surface area contributed by atoms with Crippen molar-refractivity contribution in [3.63, 3.8) is 0 Å². The summed E-state index contributed by atoms with van der Waals surface area (Å²) in [6.45, 7) is 2.11. The lowest BCUT2D eigenvalue weighted by molar-refractivity contribution is 0.0696. The topological polar surface area (TPSA) is 66.8 Å². The first-order valence-electron chi connectivity index (χ1n) is 12.3. The van der Waals surface area contributed by atoms with Crippen molar-refractivity contribution in [1.29, 1.82) is 0 Å². The van der Waals surface area contributed by atoms with E-state index in [1.807, 2.05) is 78.9 Å². The molecule has 4 nitrogen and oxygen atoms in total. The molecule has 1 aliphatic rings. The van der Waals surface area contributed by atoms with Crippen molar-refractivity contribution >= 4 is 5.97 Å². The van der Waals surface area contributed by atoms with Crippen molar-refractivity contribution in [2.45, 2.75) is 32.3 Å². The average molecular weight is 483 g/mol. The number of aromatic carboxylic acids is 1. The number of hydrogen-bond acceptors (Lipinski definition) is 3. The summed E-state index contributed by atoms with van der Waals surface area (Å²) in [5.74, 6) is -0.869. The van der Waals surface area contributed by atoms with Crippen LogP contribution in [0.1, 0.15) is 51.0 Å². The second-order valence-corrected chi connectivity index (χ2v) is 8.53. The van der Waals surface area contributed by atoms with E-state index in [-0.39, 0.29) is 6.61 Å². The van der Waals surface area contributed by atoms with Gasteiger partial charge in [0, 0.05) is 13.2 Å². The van der Waals surface area contributed by atoms with Crippen LogP contribution < -0.4 is 0 Å². The average Bonchev–Trinajstić information content (AvgIpc) is 3.51. The first kappa shape index (κ1) is 26.9. The molecule has 5 rings (SSSR count). The van der Waals surface area contributed by atoms with Crippen molar-refractivity contribution in [3.8, 4) is 0 Å². The van der Waals surface area contributed by atoms with Crippen LogP contribution in [0.15, 0.2) is 109 Å². The molecule has 4 aromatic carbocycles. The van der Waals surface area contributed by atoms with Crippen LogP contribution in [-0.4, -0.2) is 29.4 Å². The number of benzene rings is 4. The number of carboxylic acids is 1.